The van der Waals surface area contributed by atoms with Gasteiger partial charge < -0.3 is 20.7 Å². The average molecular weight is 255 g/mol. The van der Waals surface area contributed by atoms with Crippen molar-refractivity contribution in [2.45, 2.75) is 57.2 Å². The molecule has 1 aliphatic heterocycles. The highest BCUT2D eigenvalue weighted by molar-refractivity contribution is 5.68. The molecule has 1 amide bonds. The van der Waals surface area contributed by atoms with E-state index in [1.54, 1.807) is 4.90 Å². The molecule has 1 unspecified atom stereocenters. The maximum absolute atomic E-state index is 12.0. The van der Waals surface area contributed by atoms with E-state index in [1.165, 1.54) is 12.8 Å². The molecule has 1 heterocycles. The monoisotopic (exact) mass is 255 g/mol. The first-order valence-electron chi connectivity index (χ1n) is 6.79. The summed E-state index contributed by atoms with van der Waals surface area (Å²) >= 11 is 0. The molecule has 1 saturated heterocycles. The number of hydrogen-bond donors (Lipinski definition) is 2. The van der Waals surface area contributed by atoms with E-state index in [2.05, 4.69) is 5.32 Å². The molecule has 0 radical (unpaired) electrons. The molecule has 1 atom stereocenters. The molecule has 0 spiro atoms. The van der Waals surface area contributed by atoms with E-state index in [4.69, 9.17) is 10.5 Å². The summed E-state index contributed by atoms with van der Waals surface area (Å²) in [6.07, 6.45) is 3.15. The average Bonchev–Trinajstić information content (AvgIpc) is 2.93. The summed E-state index contributed by atoms with van der Waals surface area (Å²) < 4.78 is 5.40. The summed E-state index contributed by atoms with van der Waals surface area (Å²) in [5.41, 5.74) is 5.36. The Morgan fingerprint density at radius 3 is 2.67 bits per heavy atom. The Balaban J connectivity index is 1.91. The van der Waals surface area contributed by atoms with E-state index in [0.29, 0.717) is 19.1 Å². The molecule has 0 aromatic heterocycles. The molecule has 3 N–H and O–H groups in total. The first-order chi connectivity index (χ1) is 8.34. The molecule has 0 aromatic rings. The minimum absolute atomic E-state index is 0.0991. The van der Waals surface area contributed by atoms with E-state index >= 15 is 0 Å². The third-order valence-electron chi connectivity index (χ3n) is 3.48. The lowest BCUT2D eigenvalue weighted by molar-refractivity contribution is 0.0281. The molecule has 2 fully saturated rings. The van der Waals surface area contributed by atoms with Gasteiger partial charge in [0.25, 0.3) is 0 Å². The number of hydrogen-bond acceptors (Lipinski definition) is 4. The lowest BCUT2D eigenvalue weighted by atomic mass is 9.99. The summed E-state index contributed by atoms with van der Waals surface area (Å²) in [5.74, 6) is 0. The van der Waals surface area contributed by atoms with Crippen LogP contribution in [-0.4, -0.2) is 47.8 Å². The predicted octanol–water partition coefficient (Wildman–Crippen LogP) is 1.08. The van der Waals surface area contributed by atoms with Gasteiger partial charge >= 0.3 is 6.09 Å². The zero-order valence-electron chi connectivity index (χ0n) is 11.7. The van der Waals surface area contributed by atoms with Crippen molar-refractivity contribution in [2.75, 3.05) is 19.6 Å². The van der Waals surface area contributed by atoms with Gasteiger partial charge in [-0.25, -0.2) is 4.79 Å². The number of nitrogens with two attached hydrogens (primary N) is 1. The van der Waals surface area contributed by atoms with E-state index in [-0.39, 0.29) is 11.6 Å². The summed E-state index contributed by atoms with van der Waals surface area (Å²) in [4.78, 5) is 13.8. The third kappa shape index (κ3) is 3.36. The number of carbonyl (C=O) groups is 1. The predicted molar refractivity (Wildman–Crippen MR) is 70.4 cm³/mol. The van der Waals surface area contributed by atoms with Crippen molar-refractivity contribution in [1.29, 1.82) is 0 Å². The highest BCUT2D eigenvalue weighted by atomic mass is 16.6. The second-order valence-corrected chi connectivity index (χ2v) is 6.55. The fraction of sp³-hybridized carbons (Fsp3) is 0.923. The standard InChI is InChI=1S/C13H25N3O2/c1-12(2,3)18-11(17)16-7-6-13(8-14,9-16)15-10-4-5-10/h10,15H,4-9,14H2,1-3H3. The van der Waals surface area contributed by atoms with Crippen molar-refractivity contribution in [3.8, 4) is 0 Å². The molecule has 104 valence electrons. The van der Waals surface area contributed by atoms with Crippen molar-refractivity contribution in [1.82, 2.24) is 10.2 Å². The Hall–Kier alpha value is -0.810. The first-order valence-corrected chi connectivity index (χ1v) is 6.79. The van der Waals surface area contributed by atoms with Gasteiger partial charge in [0.15, 0.2) is 0 Å². The van der Waals surface area contributed by atoms with Crippen LogP contribution in [0.1, 0.15) is 40.0 Å². The van der Waals surface area contributed by atoms with Crippen LogP contribution in [0.25, 0.3) is 0 Å². The molecule has 5 heteroatoms. The van der Waals surface area contributed by atoms with Gasteiger partial charge in [-0.05, 0) is 40.0 Å². The van der Waals surface area contributed by atoms with Gasteiger partial charge in [0, 0.05) is 25.7 Å². The second-order valence-electron chi connectivity index (χ2n) is 6.55. The number of nitrogens with zero attached hydrogens (tertiary/aromatic N) is 1. The van der Waals surface area contributed by atoms with Gasteiger partial charge in [-0.15, -0.1) is 0 Å². The quantitative estimate of drug-likeness (QED) is 0.792. The molecule has 1 aliphatic carbocycles. The Kier molecular flexibility index (Phi) is 3.56. The van der Waals surface area contributed by atoms with Crippen molar-refractivity contribution in [2.24, 2.45) is 5.73 Å². The van der Waals surface area contributed by atoms with Gasteiger partial charge in [-0.1, -0.05) is 0 Å². The molecular weight excluding hydrogens is 230 g/mol. The van der Waals surface area contributed by atoms with Gasteiger partial charge in [0.05, 0.1) is 5.54 Å². The van der Waals surface area contributed by atoms with Gasteiger partial charge in [0.1, 0.15) is 5.60 Å². The lowest BCUT2D eigenvalue weighted by Crippen LogP contribution is -2.54. The van der Waals surface area contributed by atoms with Gasteiger partial charge in [-0.3, -0.25) is 0 Å². The Bertz CT molecular complexity index is 323. The molecule has 0 aromatic carbocycles. The largest absolute Gasteiger partial charge is 0.444 e. The Morgan fingerprint density at radius 1 is 1.50 bits per heavy atom. The molecule has 5 nitrogen and oxygen atoms in total. The van der Waals surface area contributed by atoms with Crippen molar-refractivity contribution < 1.29 is 9.53 Å². The SMILES string of the molecule is CC(C)(C)OC(=O)N1CCC(CN)(NC2CC2)C1. The minimum Gasteiger partial charge on any atom is -0.444 e. The van der Waals surface area contributed by atoms with E-state index in [1.807, 2.05) is 20.8 Å². The van der Waals surface area contributed by atoms with Crippen molar-refractivity contribution >= 4 is 6.09 Å². The smallest absolute Gasteiger partial charge is 0.410 e. The van der Waals surface area contributed by atoms with Gasteiger partial charge in [0.2, 0.25) is 0 Å². The van der Waals surface area contributed by atoms with Crippen LogP contribution in [0.2, 0.25) is 0 Å². The molecule has 2 aliphatic rings. The van der Waals surface area contributed by atoms with Crippen LogP contribution in [0.5, 0.6) is 0 Å². The maximum atomic E-state index is 12.0. The second kappa shape index (κ2) is 4.70. The van der Waals surface area contributed by atoms with Crippen molar-refractivity contribution in [3.63, 3.8) is 0 Å². The highest BCUT2D eigenvalue weighted by Crippen LogP contribution is 2.28. The van der Waals surface area contributed by atoms with Crippen LogP contribution >= 0.6 is 0 Å². The van der Waals surface area contributed by atoms with E-state index in [9.17, 15) is 4.79 Å². The van der Waals surface area contributed by atoms with E-state index in [0.717, 1.165) is 13.0 Å². The first kappa shape index (κ1) is 13.6. The lowest BCUT2D eigenvalue weighted by Gasteiger charge is -2.30. The number of rotatable bonds is 3. The summed E-state index contributed by atoms with van der Waals surface area (Å²) in [7, 11) is 0. The van der Waals surface area contributed by atoms with Crippen LogP contribution in [0, 0.1) is 0 Å². The number of ether oxygens (including phenoxy) is 1. The van der Waals surface area contributed by atoms with Crippen LogP contribution in [0.3, 0.4) is 0 Å². The van der Waals surface area contributed by atoms with Crippen LogP contribution in [0.4, 0.5) is 4.79 Å². The van der Waals surface area contributed by atoms with Crippen LogP contribution in [0.15, 0.2) is 0 Å². The minimum atomic E-state index is -0.436. The zero-order chi connectivity index (χ0) is 13.4. The topological polar surface area (TPSA) is 67.6 Å². The number of carbonyl (C=O) groups excluding carboxylic acids is 1. The van der Waals surface area contributed by atoms with E-state index < -0.39 is 5.60 Å². The summed E-state index contributed by atoms with van der Waals surface area (Å²) in [5, 5.41) is 3.59. The van der Waals surface area contributed by atoms with Crippen LogP contribution < -0.4 is 11.1 Å². The Morgan fingerprint density at radius 2 is 2.17 bits per heavy atom. The summed E-state index contributed by atoms with van der Waals surface area (Å²) in [6, 6.07) is 0.604. The number of nitrogens with one attached hydrogen (secondary N) is 1. The molecular formula is C13H25N3O2. The van der Waals surface area contributed by atoms with Crippen LogP contribution in [-0.2, 0) is 4.74 Å². The molecule has 1 saturated carbocycles. The molecule has 18 heavy (non-hydrogen) atoms. The number of amides is 1. The zero-order valence-corrected chi connectivity index (χ0v) is 11.7. The molecule has 0 bridgehead atoms. The van der Waals surface area contributed by atoms with Crippen molar-refractivity contribution in [3.05, 3.63) is 0 Å². The van der Waals surface area contributed by atoms with Gasteiger partial charge in [-0.2, -0.15) is 0 Å². The Labute approximate surface area is 109 Å². The highest BCUT2D eigenvalue weighted by Gasteiger charge is 2.43. The normalized spacial score (nSPS) is 28.6. The third-order valence-corrected chi connectivity index (χ3v) is 3.48. The number of likely N-dealkylation sites (tertiary alicyclic amines) is 1. The maximum Gasteiger partial charge on any atom is 0.410 e. The fourth-order valence-electron chi connectivity index (χ4n) is 2.36. The fourth-order valence-corrected chi connectivity index (χ4v) is 2.36. The summed E-state index contributed by atoms with van der Waals surface area (Å²) in [6.45, 7) is 7.63. The molecule has 2 rings (SSSR count).